The lowest BCUT2D eigenvalue weighted by Gasteiger charge is -2.22. The largest absolute Gasteiger partial charge is 0.396 e. The highest BCUT2D eigenvalue weighted by molar-refractivity contribution is 7.89. The van der Waals surface area contributed by atoms with Crippen molar-refractivity contribution in [2.24, 2.45) is 0 Å². The third-order valence-corrected chi connectivity index (χ3v) is 4.46. The molecule has 0 atom stereocenters. The standard InChI is InChI=1S/C12H19FN2O2S/c1-7-6-9(13)10(14)8(2)11(7)18(16,17)15-12(3,4)5/h6,15H,14H2,1-5H3. The molecule has 1 aromatic carbocycles. The third kappa shape index (κ3) is 3.00. The Morgan fingerprint density at radius 2 is 1.78 bits per heavy atom. The van der Waals surface area contributed by atoms with Crippen LogP contribution in [0.2, 0.25) is 0 Å². The first-order valence-corrected chi connectivity index (χ1v) is 7.03. The van der Waals surface area contributed by atoms with Crippen LogP contribution in [0, 0.1) is 19.7 Å². The predicted molar refractivity (Wildman–Crippen MR) is 70.4 cm³/mol. The quantitative estimate of drug-likeness (QED) is 0.811. The summed E-state index contributed by atoms with van der Waals surface area (Å²) in [5, 5.41) is 0. The van der Waals surface area contributed by atoms with Gasteiger partial charge in [-0.05, 0) is 51.8 Å². The van der Waals surface area contributed by atoms with Gasteiger partial charge in [0, 0.05) is 5.54 Å². The fourth-order valence-electron chi connectivity index (χ4n) is 1.80. The maximum absolute atomic E-state index is 13.4. The first-order valence-electron chi connectivity index (χ1n) is 5.55. The number of hydrogen-bond acceptors (Lipinski definition) is 3. The molecule has 102 valence electrons. The Balaban J connectivity index is 3.48. The summed E-state index contributed by atoms with van der Waals surface area (Å²) >= 11 is 0. The number of anilines is 1. The van der Waals surface area contributed by atoms with Crippen LogP contribution in [0.15, 0.2) is 11.0 Å². The van der Waals surface area contributed by atoms with Crippen LogP contribution in [0.4, 0.5) is 10.1 Å². The van der Waals surface area contributed by atoms with E-state index >= 15 is 0 Å². The van der Waals surface area contributed by atoms with Gasteiger partial charge >= 0.3 is 0 Å². The number of halogens is 1. The van der Waals surface area contributed by atoms with Crippen LogP contribution in [-0.2, 0) is 10.0 Å². The number of benzene rings is 1. The molecule has 3 N–H and O–H groups in total. The molecule has 0 fully saturated rings. The van der Waals surface area contributed by atoms with E-state index in [9.17, 15) is 12.8 Å². The van der Waals surface area contributed by atoms with E-state index in [2.05, 4.69) is 4.72 Å². The number of nitrogens with one attached hydrogen (secondary N) is 1. The molecule has 0 aliphatic rings. The maximum atomic E-state index is 13.4. The lowest BCUT2D eigenvalue weighted by Crippen LogP contribution is -2.41. The van der Waals surface area contributed by atoms with Crippen LogP contribution >= 0.6 is 0 Å². The molecule has 1 rings (SSSR count). The minimum Gasteiger partial charge on any atom is -0.396 e. The summed E-state index contributed by atoms with van der Waals surface area (Å²) in [5.74, 6) is -0.597. The maximum Gasteiger partial charge on any atom is 0.241 e. The Bertz CT molecular complexity index is 575. The van der Waals surface area contributed by atoms with E-state index in [-0.39, 0.29) is 16.1 Å². The molecular weight excluding hydrogens is 255 g/mol. The smallest absolute Gasteiger partial charge is 0.241 e. The minimum absolute atomic E-state index is 0.0522. The van der Waals surface area contributed by atoms with Gasteiger partial charge in [-0.1, -0.05) is 0 Å². The zero-order chi connectivity index (χ0) is 14.3. The lowest BCUT2D eigenvalue weighted by atomic mass is 10.1. The molecule has 0 spiro atoms. The average Bonchev–Trinajstić information content (AvgIpc) is 2.09. The van der Waals surface area contributed by atoms with Gasteiger partial charge in [0.25, 0.3) is 0 Å². The van der Waals surface area contributed by atoms with Gasteiger partial charge in [-0.15, -0.1) is 0 Å². The molecule has 0 saturated carbocycles. The van der Waals surface area contributed by atoms with Crippen molar-refractivity contribution in [1.82, 2.24) is 4.72 Å². The van der Waals surface area contributed by atoms with Crippen molar-refractivity contribution in [3.63, 3.8) is 0 Å². The topological polar surface area (TPSA) is 72.2 Å². The van der Waals surface area contributed by atoms with Crippen LogP contribution < -0.4 is 10.5 Å². The number of hydrogen-bond donors (Lipinski definition) is 2. The summed E-state index contributed by atoms with van der Waals surface area (Å²) in [7, 11) is -3.72. The Morgan fingerprint density at radius 1 is 1.28 bits per heavy atom. The van der Waals surface area contributed by atoms with Gasteiger partial charge in [0.1, 0.15) is 5.82 Å². The van der Waals surface area contributed by atoms with E-state index in [4.69, 9.17) is 5.73 Å². The summed E-state index contributed by atoms with van der Waals surface area (Å²) in [4.78, 5) is 0.0522. The van der Waals surface area contributed by atoms with Crippen LogP contribution in [0.3, 0.4) is 0 Å². The third-order valence-electron chi connectivity index (χ3n) is 2.41. The van der Waals surface area contributed by atoms with Gasteiger partial charge < -0.3 is 5.73 Å². The summed E-state index contributed by atoms with van der Waals surface area (Å²) in [6, 6.07) is 1.14. The van der Waals surface area contributed by atoms with Gasteiger partial charge in [-0.3, -0.25) is 0 Å². The zero-order valence-electron chi connectivity index (χ0n) is 11.3. The molecule has 0 aliphatic carbocycles. The molecule has 4 nitrogen and oxygen atoms in total. The van der Waals surface area contributed by atoms with Crippen molar-refractivity contribution in [3.05, 3.63) is 23.0 Å². The fraction of sp³-hybridized carbons (Fsp3) is 0.500. The second kappa shape index (κ2) is 4.51. The van der Waals surface area contributed by atoms with E-state index in [0.717, 1.165) is 6.07 Å². The molecule has 6 heteroatoms. The molecule has 0 aromatic heterocycles. The van der Waals surface area contributed by atoms with Crippen LogP contribution in [0.1, 0.15) is 31.9 Å². The summed E-state index contributed by atoms with van der Waals surface area (Å²) in [6.07, 6.45) is 0. The Kier molecular flexibility index (Phi) is 3.74. The first-order chi connectivity index (χ1) is 7.96. The monoisotopic (exact) mass is 274 g/mol. The molecule has 1 aromatic rings. The fourth-order valence-corrected chi connectivity index (χ4v) is 3.70. The lowest BCUT2D eigenvalue weighted by molar-refractivity contribution is 0.491. The van der Waals surface area contributed by atoms with Crippen molar-refractivity contribution in [2.45, 2.75) is 45.1 Å². The highest BCUT2D eigenvalue weighted by Crippen LogP contribution is 2.28. The van der Waals surface area contributed by atoms with Crippen molar-refractivity contribution >= 4 is 15.7 Å². The highest BCUT2D eigenvalue weighted by atomic mass is 32.2. The summed E-state index contributed by atoms with van der Waals surface area (Å²) < 4.78 is 40.5. The van der Waals surface area contributed by atoms with Crippen LogP contribution in [0.5, 0.6) is 0 Å². The molecule has 0 aliphatic heterocycles. The second-order valence-electron chi connectivity index (χ2n) is 5.40. The second-order valence-corrected chi connectivity index (χ2v) is 7.02. The van der Waals surface area contributed by atoms with Crippen molar-refractivity contribution in [3.8, 4) is 0 Å². The zero-order valence-corrected chi connectivity index (χ0v) is 12.1. The summed E-state index contributed by atoms with van der Waals surface area (Å²) in [5.41, 5.74) is 5.39. The van der Waals surface area contributed by atoms with Crippen LogP contribution in [0.25, 0.3) is 0 Å². The first kappa shape index (κ1) is 14.9. The molecular formula is C12H19FN2O2S. The van der Waals surface area contributed by atoms with E-state index in [1.54, 1.807) is 27.7 Å². The molecule has 18 heavy (non-hydrogen) atoms. The number of rotatable bonds is 2. The van der Waals surface area contributed by atoms with Crippen molar-refractivity contribution in [1.29, 1.82) is 0 Å². The molecule has 0 amide bonds. The highest BCUT2D eigenvalue weighted by Gasteiger charge is 2.27. The number of aryl methyl sites for hydroxylation is 1. The van der Waals surface area contributed by atoms with Crippen molar-refractivity contribution in [2.75, 3.05) is 5.73 Å². The van der Waals surface area contributed by atoms with Crippen molar-refractivity contribution < 1.29 is 12.8 Å². The van der Waals surface area contributed by atoms with Gasteiger partial charge in [0.15, 0.2) is 0 Å². The van der Waals surface area contributed by atoms with E-state index in [1.807, 2.05) is 0 Å². The van der Waals surface area contributed by atoms with E-state index in [0.29, 0.717) is 5.56 Å². The average molecular weight is 274 g/mol. The molecule has 0 unspecified atom stereocenters. The minimum atomic E-state index is -3.72. The Labute approximate surface area is 107 Å². The SMILES string of the molecule is Cc1cc(F)c(N)c(C)c1S(=O)(=O)NC(C)(C)C. The van der Waals surface area contributed by atoms with Gasteiger partial charge in [-0.25, -0.2) is 17.5 Å². The van der Waals surface area contributed by atoms with Gasteiger partial charge in [0.2, 0.25) is 10.0 Å². The van der Waals surface area contributed by atoms with Gasteiger partial charge in [-0.2, -0.15) is 0 Å². The summed E-state index contributed by atoms with van der Waals surface area (Å²) in [6.45, 7) is 8.27. The normalized spacial score (nSPS) is 12.8. The molecule has 0 saturated heterocycles. The predicted octanol–water partition coefficient (Wildman–Crippen LogP) is 2.10. The number of nitrogen functional groups attached to an aromatic ring is 1. The van der Waals surface area contributed by atoms with E-state index < -0.39 is 21.4 Å². The number of sulfonamides is 1. The number of nitrogens with two attached hydrogens (primary N) is 1. The Morgan fingerprint density at radius 3 is 2.22 bits per heavy atom. The molecule has 0 radical (unpaired) electrons. The molecule has 0 heterocycles. The Hall–Kier alpha value is -1.14. The molecule has 0 bridgehead atoms. The van der Waals surface area contributed by atoms with Crippen LogP contribution in [-0.4, -0.2) is 14.0 Å². The van der Waals surface area contributed by atoms with Gasteiger partial charge in [0.05, 0.1) is 10.6 Å². The van der Waals surface area contributed by atoms with E-state index in [1.165, 1.54) is 6.92 Å².